The Hall–Kier alpha value is -0.860. The van der Waals surface area contributed by atoms with Crippen LogP contribution in [0, 0.1) is 0 Å². The monoisotopic (exact) mass is 455 g/mol. The van der Waals surface area contributed by atoms with Crippen molar-refractivity contribution in [1.29, 1.82) is 0 Å². The SMILES string of the molecule is C[Si](C)=CC(O)(C1C=Cc2ccccc21)C1C=Cc2ccccc21.[Cl-].[Zr]. The normalized spacial score (nSPS) is 21.0. The Morgan fingerprint density at radius 1 is 0.846 bits per heavy atom. The van der Waals surface area contributed by atoms with E-state index in [0.717, 1.165) is 0 Å². The van der Waals surface area contributed by atoms with Gasteiger partial charge in [-0.15, -0.1) is 0 Å². The molecule has 2 aromatic rings. The summed E-state index contributed by atoms with van der Waals surface area (Å²) >= 11 is 0. The first-order chi connectivity index (χ1) is 11.6. The van der Waals surface area contributed by atoms with Gasteiger partial charge in [0.2, 0.25) is 0 Å². The smallest absolute Gasteiger partial charge is 0.0995 e. The molecule has 0 amide bonds. The van der Waals surface area contributed by atoms with Gasteiger partial charge in [0.25, 0.3) is 0 Å². The van der Waals surface area contributed by atoms with E-state index in [-0.39, 0.29) is 50.4 Å². The second kappa shape index (κ2) is 8.44. The molecular formula is C22H22ClOSiZr-. The maximum Gasteiger partial charge on any atom is 0.0995 e. The third kappa shape index (κ3) is 3.60. The molecule has 0 aromatic heterocycles. The molecule has 26 heavy (non-hydrogen) atoms. The fraction of sp³-hybridized carbons (Fsp3) is 0.227. The maximum absolute atomic E-state index is 11.9. The average Bonchev–Trinajstić information content (AvgIpc) is 3.19. The van der Waals surface area contributed by atoms with E-state index in [2.05, 4.69) is 91.6 Å². The quantitative estimate of drug-likeness (QED) is 0.693. The van der Waals surface area contributed by atoms with Crippen LogP contribution in [0.4, 0.5) is 0 Å². The summed E-state index contributed by atoms with van der Waals surface area (Å²) in [5.74, 6) is 0.0174. The molecule has 0 fully saturated rings. The molecule has 132 valence electrons. The molecule has 2 atom stereocenters. The molecule has 0 spiro atoms. The molecular weight excluding hydrogens is 435 g/mol. The minimum Gasteiger partial charge on any atom is -1.00 e. The van der Waals surface area contributed by atoms with E-state index in [1.807, 2.05) is 0 Å². The summed E-state index contributed by atoms with van der Waals surface area (Å²) in [6.07, 6.45) is 8.67. The number of benzene rings is 2. The zero-order valence-corrected chi connectivity index (χ0v) is 19.2. The Bertz CT molecular complexity index is 822. The van der Waals surface area contributed by atoms with Crippen LogP contribution in [0.1, 0.15) is 34.1 Å². The summed E-state index contributed by atoms with van der Waals surface area (Å²) in [5, 5.41) is 11.9. The van der Waals surface area contributed by atoms with Crippen LogP contribution in [0.15, 0.2) is 60.7 Å². The summed E-state index contributed by atoms with van der Waals surface area (Å²) < 4.78 is 0. The molecule has 2 unspecified atom stereocenters. The molecule has 0 saturated carbocycles. The first-order valence-corrected chi connectivity index (χ1v) is 11.1. The zero-order valence-electron chi connectivity index (χ0n) is 15.0. The minimum atomic E-state index is -0.885. The first kappa shape index (κ1) is 21.4. The Morgan fingerprint density at radius 2 is 1.27 bits per heavy atom. The van der Waals surface area contributed by atoms with E-state index in [9.17, 15) is 5.11 Å². The molecule has 2 aliphatic carbocycles. The van der Waals surface area contributed by atoms with Crippen LogP contribution in [-0.4, -0.2) is 24.8 Å². The molecule has 1 N–H and O–H groups in total. The number of fused-ring (bicyclic) bond motifs is 2. The van der Waals surface area contributed by atoms with Crippen molar-refractivity contribution in [2.24, 2.45) is 0 Å². The van der Waals surface area contributed by atoms with E-state index < -0.39 is 14.0 Å². The van der Waals surface area contributed by atoms with Gasteiger partial charge in [-0.3, -0.25) is 0 Å². The van der Waals surface area contributed by atoms with Crippen LogP contribution in [0.5, 0.6) is 0 Å². The summed E-state index contributed by atoms with van der Waals surface area (Å²) in [4.78, 5) is 0. The van der Waals surface area contributed by atoms with E-state index in [1.165, 1.54) is 22.3 Å². The van der Waals surface area contributed by atoms with Crippen molar-refractivity contribution in [2.75, 3.05) is 0 Å². The first-order valence-electron chi connectivity index (χ1n) is 8.52. The second-order valence-electron chi connectivity index (χ2n) is 7.04. The minimum absolute atomic E-state index is 0. The van der Waals surface area contributed by atoms with Gasteiger partial charge in [0.15, 0.2) is 0 Å². The van der Waals surface area contributed by atoms with E-state index >= 15 is 0 Å². The molecule has 4 rings (SSSR count). The number of halogens is 1. The van der Waals surface area contributed by atoms with Crippen LogP contribution in [0.2, 0.25) is 13.1 Å². The number of rotatable bonds is 3. The third-order valence-corrected chi connectivity index (χ3v) is 6.15. The van der Waals surface area contributed by atoms with Crippen LogP contribution in [0.3, 0.4) is 0 Å². The van der Waals surface area contributed by atoms with E-state index in [1.54, 1.807) is 0 Å². The Balaban J connectivity index is 0.00000121. The van der Waals surface area contributed by atoms with E-state index in [0.29, 0.717) is 0 Å². The summed E-state index contributed by atoms with van der Waals surface area (Å²) in [6.45, 7) is 4.48. The Morgan fingerprint density at radius 3 is 1.69 bits per heavy atom. The van der Waals surface area contributed by atoms with E-state index in [4.69, 9.17) is 0 Å². The number of hydrogen-bond acceptors (Lipinski definition) is 1. The van der Waals surface area contributed by atoms with Crippen molar-refractivity contribution in [2.45, 2.75) is 30.5 Å². The van der Waals surface area contributed by atoms with Crippen molar-refractivity contribution < 1.29 is 43.7 Å². The molecule has 2 aliphatic rings. The van der Waals surface area contributed by atoms with Crippen LogP contribution in [-0.2, 0) is 26.2 Å². The van der Waals surface area contributed by atoms with Crippen LogP contribution in [0.25, 0.3) is 12.2 Å². The van der Waals surface area contributed by atoms with Crippen molar-refractivity contribution in [3.05, 3.63) is 82.9 Å². The molecule has 0 bridgehead atoms. The van der Waals surface area contributed by atoms with Crippen LogP contribution >= 0.6 is 0 Å². The van der Waals surface area contributed by atoms with Gasteiger partial charge in [0.1, 0.15) is 0 Å². The summed E-state index contributed by atoms with van der Waals surface area (Å²) in [5.41, 5.74) is 6.27. The van der Waals surface area contributed by atoms with Crippen LogP contribution < -0.4 is 12.4 Å². The van der Waals surface area contributed by atoms with Gasteiger partial charge in [-0.05, 0) is 22.3 Å². The van der Waals surface area contributed by atoms with Gasteiger partial charge < -0.3 is 17.5 Å². The Kier molecular flexibility index (Phi) is 6.96. The van der Waals surface area contributed by atoms with Crippen molar-refractivity contribution >= 4 is 26.2 Å². The number of aliphatic hydroxyl groups is 1. The standard InChI is InChI=1S/C22H22OSi.ClH.Zr/c1-24(2)15-22(23,20-13-11-16-7-3-5-9-18(16)20)21-14-12-17-8-4-6-10-19(17)21;;/h3-15,20-21,23H,1-2H3;1H;/p-1. The molecule has 0 aliphatic heterocycles. The molecule has 2 aromatic carbocycles. The Labute approximate surface area is 182 Å². The number of hydrogen-bond donors (Lipinski definition) is 1. The molecule has 1 nitrogen and oxygen atoms in total. The summed E-state index contributed by atoms with van der Waals surface area (Å²) in [7, 11) is -0.711. The van der Waals surface area contributed by atoms with Gasteiger partial charge in [-0.1, -0.05) is 91.6 Å². The van der Waals surface area contributed by atoms with Gasteiger partial charge in [0, 0.05) is 46.4 Å². The van der Waals surface area contributed by atoms with Gasteiger partial charge in [-0.2, -0.15) is 0 Å². The fourth-order valence-corrected chi connectivity index (χ4v) is 5.42. The maximum atomic E-state index is 11.9. The van der Waals surface area contributed by atoms with Gasteiger partial charge in [-0.25, -0.2) is 0 Å². The van der Waals surface area contributed by atoms with Crippen molar-refractivity contribution in [1.82, 2.24) is 0 Å². The molecule has 0 heterocycles. The van der Waals surface area contributed by atoms with Gasteiger partial charge in [0.05, 0.1) is 5.60 Å². The fourth-order valence-electron chi connectivity index (χ4n) is 4.14. The van der Waals surface area contributed by atoms with Gasteiger partial charge >= 0.3 is 0 Å². The van der Waals surface area contributed by atoms with Crippen molar-refractivity contribution in [3.63, 3.8) is 0 Å². The second-order valence-corrected chi connectivity index (χ2v) is 9.48. The van der Waals surface area contributed by atoms with Crippen molar-refractivity contribution in [3.8, 4) is 0 Å². The molecule has 0 radical (unpaired) electrons. The summed E-state index contributed by atoms with van der Waals surface area (Å²) in [6, 6.07) is 16.8. The predicted molar refractivity (Wildman–Crippen MR) is 105 cm³/mol. The molecule has 0 saturated heterocycles. The zero-order chi connectivity index (χ0) is 16.7. The molecule has 4 heteroatoms. The largest absolute Gasteiger partial charge is 1.00 e. The topological polar surface area (TPSA) is 20.2 Å². The average molecular weight is 457 g/mol. The predicted octanol–water partition coefficient (Wildman–Crippen LogP) is 1.48. The third-order valence-electron chi connectivity index (χ3n) is 5.11.